The number of fused-ring (bicyclic) bond motifs is 1. The van der Waals surface area contributed by atoms with Crippen molar-refractivity contribution in [2.75, 3.05) is 5.01 Å². The number of aromatic nitrogens is 1. The molecule has 4 aromatic rings. The second-order valence-corrected chi connectivity index (χ2v) is 8.43. The molecule has 1 aromatic heterocycles. The third-order valence-corrected chi connectivity index (χ3v) is 6.08. The molecule has 7 nitrogen and oxygen atoms in total. The maximum atomic E-state index is 14.4. The van der Waals surface area contributed by atoms with Crippen LogP contribution in [0.15, 0.2) is 65.4 Å². The average Bonchev–Trinajstić information content (AvgIpc) is 3.39. The maximum absolute atomic E-state index is 14.4. The van der Waals surface area contributed by atoms with Crippen molar-refractivity contribution in [2.45, 2.75) is 13.5 Å². The molecule has 0 fully saturated rings. The SMILES string of the molecule is CC1=NN(c2c(F)c(F)c(F)c(F)c2F)C(=O)/C1=C\c1cn(Cc2ccc([N+](=O)[O-])cc2)c2ccccc12. The minimum atomic E-state index is -2.34. The zero-order chi connectivity index (χ0) is 27.3. The van der Waals surface area contributed by atoms with Crippen LogP contribution in [-0.2, 0) is 11.3 Å². The number of hydrazone groups is 1. The summed E-state index contributed by atoms with van der Waals surface area (Å²) >= 11 is 0. The summed E-state index contributed by atoms with van der Waals surface area (Å²) in [6, 6.07) is 13.2. The van der Waals surface area contributed by atoms with Gasteiger partial charge in [-0.2, -0.15) is 10.1 Å². The van der Waals surface area contributed by atoms with Crippen molar-refractivity contribution in [1.82, 2.24) is 4.57 Å². The summed E-state index contributed by atoms with van der Waals surface area (Å²) in [7, 11) is 0. The molecule has 0 saturated carbocycles. The maximum Gasteiger partial charge on any atom is 0.280 e. The highest BCUT2D eigenvalue weighted by Gasteiger charge is 2.37. The molecule has 1 amide bonds. The molecule has 5 rings (SSSR count). The van der Waals surface area contributed by atoms with Gasteiger partial charge in [-0.1, -0.05) is 30.3 Å². The van der Waals surface area contributed by atoms with Gasteiger partial charge in [-0.3, -0.25) is 14.9 Å². The molecule has 0 saturated heterocycles. The van der Waals surface area contributed by atoms with Gasteiger partial charge in [-0.05, 0) is 24.6 Å². The summed E-state index contributed by atoms with van der Waals surface area (Å²) in [5, 5.41) is 15.6. The molecule has 0 atom stereocenters. The molecule has 38 heavy (non-hydrogen) atoms. The van der Waals surface area contributed by atoms with Crippen molar-refractivity contribution in [1.29, 1.82) is 0 Å². The Balaban J connectivity index is 1.54. The molecule has 0 aliphatic carbocycles. The summed E-state index contributed by atoms with van der Waals surface area (Å²) in [5.41, 5.74) is 0.439. The van der Waals surface area contributed by atoms with Crippen LogP contribution >= 0.6 is 0 Å². The molecule has 0 bridgehead atoms. The monoisotopic (exact) mass is 526 g/mol. The Kier molecular flexibility index (Phi) is 6.02. The number of para-hydroxylation sites is 1. The van der Waals surface area contributed by atoms with Gasteiger partial charge < -0.3 is 4.57 Å². The number of amides is 1. The van der Waals surface area contributed by atoms with Gasteiger partial charge in [0.15, 0.2) is 23.3 Å². The standard InChI is InChI=1S/C26H15F5N4O3/c1-13-18(26(36)34(32-13)25-23(30)21(28)20(27)22(29)24(25)31)10-15-12-33(19-5-3-2-4-17(15)19)11-14-6-8-16(9-7-14)35(37)38/h2-10,12H,11H2,1H3/b18-10-. The quantitative estimate of drug-likeness (QED) is 0.0787. The molecular weight excluding hydrogens is 511 g/mol. The van der Waals surface area contributed by atoms with Crippen LogP contribution < -0.4 is 5.01 Å². The average molecular weight is 526 g/mol. The van der Waals surface area contributed by atoms with E-state index in [-0.39, 0.29) is 22.0 Å². The first-order valence-corrected chi connectivity index (χ1v) is 11.0. The lowest BCUT2D eigenvalue weighted by atomic mass is 10.1. The normalized spacial score (nSPS) is 14.6. The Morgan fingerprint density at radius 2 is 1.53 bits per heavy atom. The van der Waals surface area contributed by atoms with Gasteiger partial charge in [-0.25, -0.2) is 22.0 Å². The third kappa shape index (κ3) is 3.99. The van der Waals surface area contributed by atoms with Crippen LogP contribution in [0.2, 0.25) is 0 Å². The fourth-order valence-corrected chi connectivity index (χ4v) is 4.21. The number of anilines is 1. The first kappa shape index (κ1) is 24.8. The number of nitro benzene ring substituents is 1. The molecule has 0 unspecified atom stereocenters. The highest BCUT2D eigenvalue weighted by Crippen LogP contribution is 2.34. The number of nitrogens with zero attached hydrogens (tertiary/aromatic N) is 4. The summed E-state index contributed by atoms with van der Waals surface area (Å²) in [6.07, 6.45) is 3.13. The van der Waals surface area contributed by atoms with Crippen molar-refractivity contribution in [2.24, 2.45) is 5.10 Å². The van der Waals surface area contributed by atoms with E-state index in [2.05, 4.69) is 5.10 Å². The van der Waals surface area contributed by atoms with Crippen molar-refractivity contribution >= 4 is 40.0 Å². The zero-order valence-electron chi connectivity index (χ0n) is 19.4. The Labute approximate surface area is 210 Å². The van der Waals surface area contributed by atoms with E-state index >= 15 is 0 Å². The lowest BCUT2D eigenvalue weighted by Gasteiger charge is -2.15. The van der Waals surface area contributed by atoms with Gasteiger partial charge in [0.05, 0.1) is 16.2 Å². The van der Waals surface area contributed by atoms with Gasteiger partial charge in [0.1, 0.15) is 5.69 Å². The highest BCUT2D eigenvalue weighted by molar-refractivity contribution is 6.32. The molecule has 0 radical (unpaired) electrons. The predicted molar refractivity (Wildman–Crippen MR) is 129 cm³/mol. The van der Waals surface area contributed by atoms with E-state index in [0.717, 1.165) is 11.1 Å². The van der Waals surface area contributed by atoms with Gasteiger partial charge in [0.25, 0.3) is 11.6 Å². The first-order valence-electron chi connectivity index (χ1n) is 11.0. The molecule has 3 aromatic carbocycles. The van der Waals surface area contributed by atoms with Crippen LogP contribution in [0.25, 0.3) is 17.0 Å². The Bertz CT molecular complexity index is 1680. The number of hydrogen-bond donors (Lipinski definition) is 0. The van der Waals surface area contributed by atoms with E-state index in [4.69, 9.17) is 0 Å². The van der Waals surface area contributed by atoms with Crippen LogP contribution in [-0.4, -0.2) is 21.1 Å². The highest BCUT2D eigenvalue weighted by atomic mass is 19.2. The number of carbonyl (C=O) groups excluding carboxylic acids is 1. The number of rotatable bonds is 5. The van der Waals surface area contributed by atoms with Crippen LogP contribution in [0, 0.1) is 39.2 Å². The fourth-order valence-electron chi connectivity index (χ4n) is 4.21. The largest absolute Gasteiger partial charge is 0.342 e. The summed E-state index contributed by atoms with van der Waals surface area (Å²) in [5.74, 6) is -12.1. The molecule has 1 aliphatic rings. The number of hydrogen-bond acceptors (Lipinski definition) is 4. The van der Waals surface area contributed by atoms with Gasteiger partial charge in [-0.15, -0.1) is 0 Å². The molecule has 1 aliphatic heterocycles. The molecule has 0 spiro atoms. The number of nitro groups is 1. The number of carbonyl (C=O) groups is 1. The zero-order valence-corrected chi connectivity index (χ0v) is 19.4. The van der Waals surface area contributed by atoms with Crippen LogP contribution in [0.4, 0.5) is 33.3 Å². The molecular formula is C26H15F5N4O3. The van der Waals surface area contributed by atoms with Crippen LogP contribution in [0.5, 0.6) is 0 Å². The second-order valence-electron chi connectivity index (χ2n) is 8.43. The Morgan fingerprint density at radius 3 is 2.16 bits per heavy atom. The van der Waals surface area contributed by atoms with E-state index < -0.39 is 45.6 Å². The van der Waals surface area contributed by atoms with E-state index in [1.807, 2.05) is 10.6 Å². The lowest BCUT2D eigenvalue weighted by Crippen LogP contribution is -2.25. The van der Waals surface area contributed by atoms with E-state index in [1.54, 1.807) is 36.5 Å². The third-order valence-electron chi connectivity index (χ3n) is 6.08. The van der Waals surface area contributed by atoms with Crippen molar-refractivity contribution in [3.05, 3.63) is 111 Å². The van der Waals surface area contributed by atoms with Crippen molar-refractivity contribution < 1.29 is 31.7 Å². The Morgan fingerprint density at radius 1 is 0.921 bits per heavy atom. The smallest absolute Gasteiger partial charge is 0.280 e. The van der Waals surface area contributed by atoms with Gasteiger partial charge in [0.2, 0.25) is 5.82 Å². The van der Waals surface area contributed by atoms with Gasteiger partial charge in [0, 0.05) is 41.3 Å². The number of non-ortho nitro benzene ring substituents is 1. The van der Waals surface area contributed by atoms with E-state index in [0.29, 0.717) is 17.5 Å². The Hall–Kier alpha value is -4.87. The lowest BCUT2D eigenvalue weighted by molar-refractivity contribution is -0.384. The van der Waals surface area contributed by atoms with Crippen LogP contribution in [0.1, 0.15) is 18.1 Å². The topological polar surface area (TPSA) is 80.7 Å². The number of benzene rings is 3. The van der Waals surface area contributed by atoms with E-state index in [1.165, 1.54) is 25.1 Å². The van der Waals surface area contributed by atoms with E-state index in [9.17, 15) is 36.9 Å². The molecule has 12 heteroatoms. The van der Waals surface area contributed by atoms with Crippen molar-refractivity contribution in [3.8, 4) is 0 Å². The predicted octanol–water partition coefficient (Wildman–Crippen LogP) is 6.10. The molecule has 2 heterocycles. The summed E-state index contributed by atoms with van der Waals surface area (Å²) in [6.45, 7) is 1.70. The fraction of sp³-hybridized carbons (Fsp3) is 0.0769. The second kappa shape index (κ2) is 9.21. The summed E-state index contributed by atoms with van der Waals surface area (Å²) < 4.78 is 71.5. The minimum Gasteiger partial charge on any atom is -0.342 e. The molecule has 0 N–H and O–H groups in total. The van der Waals surface area contributed by atoms with Crippen LogP contribution in [0.3, 0.4) is 0 Å². The van der Waals surface area contributed by atoms with Gasteiger partial charge >= 0.3 is 0 Å². The molecule has 192 valence electrons. The van der Waals surface area contributed by atoms with Crippen molar-refractivity contribution in [3.63, 3.8) is 0 Å². The first-order chi connectivity index (χ1) is 18.1. The minimum absolute atomic E-state index is 0.00569. The summed E-state index contributed by atoms with van der Waals surface area (Å²) in [4.78, 5) is 23.5. The number of halogens is 5.